The summed E-state index contributed by atoms with van der Waals surface area (Å²) in [7, 11) is 0. The molecule has 0 saturated carbocycles. The van der Waals surface area contributed by atoms with Gasteiger partial charge in [0.25, 0.3) is 0 Å². The van der Waals surface area contributed by atoms with Crippen molar-refractivity contribution in [1.29, 1.82) is 0 Å². The Morgan fingerprint density at radius 2 is 2.40 bits per heavy atom. The third kappa shape index (κ3) is 2.36. The maximum absolute atomic E-state index is 11.6. The molecular formula is C8H7ClIN3OS. The molecule has 0 N–H and O–H groups in total. The van der Waals surface area contributed by atoms with E-state index in [1.807, 2.05) is 0 Å². The lowest BCUT2D eigenvalue weighted by Crippen LogP contribution is -2.26. The van der Waals surface area contributed by atoms with E-state index in [9.17, 15) is 4.79 Å². The molecule has 1 aromatic rings. The zero-order valence-electron chi connectivity index (χ0n) is 7.52. The molecule has 1 atom stereocenters. The van der Waals surface area contributed by atoms with Crippen molar-refractivity contribution in [3.8, 4) is 0 Å². The number of anilines is 1. The van der Waals surface area contributed by atoms with E-state index in [1.165, 1.54) is 0 Å². The topological polar surface area (TPSA) is 46.1 Å². The van der Waals surface area contributed by atoms with Crippen LogP contribution in [0.4, 0.5) is 5.82 Å². The van der Waals surface area contributed by atoms with E-state index in [2.05, 4.69) is 45.2 Å². The largest absolute Gasteiger partial charge is 0.295 e. The van der Waals surface area contributed by atoms with E-state index >= 15 is 0 Å². The first-order valence-corrected chi connectivity index (χ1v) is 6.21. The number of aromatic nitrogens is 2. The molecule has 1 aliphatic heterocycles. The van der Waals surface area contributed by atoms with Crippen LogP contribution in [0.1, 0.15) is 6.42 Å². The Hall–Kier alpha value is -0.0800. The average Bonchev–Trinajstić information content (AvgIpc) is 2.50. The van der Waals surface area contributed by atoms with E-state index in [0.717, 1.165) is 3.57 Å². The fourth-order valence-electron chi connectivity index (χ4n) is 1.42. The molecular weight excluding hydrogens is 349 g/mol. The van der Waals surface area contributed by atoms with Crippen LogP contribution in [-0.2, 0) is 4.79 Å². The van der Waals surface area contributed by atoms with Gasteiger partial charge in [0.2, 0.25) is 11.2 Å². The minimum Gasteiger partial charge on any atom is -0.295 e. The molecule has 15 heavy (non-hydrogen) atoms. The normalized spacial score (nSPS) is 21.1. The molecule has 1 amide bonds. The second-order valence-electron chi connectivity index (χ2n) is 3.17. The molecule has 2 heterocycles. The van der Waals surface area contributed by atoms with E-state index in [4.69, 9.17) is 11.6 Å². The van der Waals surface area contributed by atoms with Crippen molar-refractivity contribution in [3.05, 3.63) is 15.1 Å². The lowest BCUT2D eigenvalue weighted by molar-refractivity contribution is -0.117. The maximum Gasteiger partial charge on any atom is 0.229 e. The molecule has 0 spiro atoms. The van der Waals surface area contributed by atoms with E-state index in [0.29, 0.717) is 18.8 Å². The fraction of sp³-hybridized carbons (Fsp3) is 0.375. The standard InChI is InChI=1S/C8H7ClIN3OS/c9-8-11-2-5(10)7(12-8)13-3-4(15)1-6(13)14/h2,4,15H,1,3H2. The van der Waals surface area contributed by atoms with Crippen molar-refractivity contribution in [3.63, 3.8) is 0 Å². The van der Waals surface area contributed by atoms with Gasteiger partial charge in [-0.3, -0.25) is 9.69 Å². The first-order chi connectivity index (χ1) is 7.08. The van der Waals surface area contributed by atoms with Crippen LogP contribution < -0.4 is 4.90 Å². The Morgan fingerprint density at radius 3 is 3.00 bits per heavy atom. The quantitative estimate of drug-likeness (QED) is 0.474. The Labute approximate surface area is 111 Å². The second kappa shape index (κ2) is 4.42. The van der Waals surface area contributed by atoms with E-state index in [-0.39, 0.29) is 16.4 Å². The van der Waals surface area contributed by atoms with Gasteiger partial charge in [-0.25, -0.2) is 4.98 Å². The van der Waals surface area contributed by atoms with Crippen molar-refractivity contribution in [2.45, 2.75) is 11.7 Å². The van der Waals surface area contributed by atoms with Crippen LogP contribution in [0.2, 0.25) is 5.28 Å². The molecule has 1 aliphatic rings. The monoisotopic (exact) mass is 355 g/mol. The number of thiol groups is 1. The van der Waals surface area contributed by atoms with Gasteiger partial charge in [-0.1, -0.05) is 0 Å². The fourth-order valence-corrected chi connectivity index (χ4v) is 2.42. The SMILES string of the molecule is O=C1CC(S)CN1c1nc(Cl)ncc1I. The van der Waals surface area contributed by atoms with Crippen LogP contribution in [-0.4, -0.2) is 27.7 Å². The highest BCUT2D eigenvalue weighted by Crippen LogP contribution is 2.26. The first-order valence-electron chi connectivity index (χ1n) is 4.24. The molecule has 0 bridgehead atoms. The predicted molar refractivity (Wildman–Crippen MR) is 69.5 cm³/mol. The van der Waals surface area contributed by atoms with Gasteiger partial charge in [-0.15, -0.1) is 0 Å². The van der Waals surface area contributed by atoms with Gasteiger partial charge < -0.3 is 0 Å². The summed E-state index contributed by atoms with van der Waals surface area (Å²) < 4.78 is 0.813. The lowest BCUT2D eigenvalue weighted by atomic mass is 10.4. The summed E-state index contributed by atoms with van der Waals surface area (Å²) in [4.78, 5) is 21.1. The molecule has 1 unspecified atom stereocenters. The van der Waals surface area contributed by atoms with Gasteiger partial charge >= 0.3 is 0 Å². The summed E-state index contributed by atoms with van der Waals surface area (Å²) in [6.07, 6.45) is 2.05. The molecule has 2 rings (SSSR count). The Morgan fingerprint density at radius 1 is 1.67 bits per heavy atom. The van der Waals surface area contributed by atoms with Gasteiger partial charge in [0.05, 0.1) is 3.57 Å². The highest BCUT2D eigenvalue weighted by atomic mass is 127. The third-order valence-electron chi connectivity index (χ3n) is 2.06. The van der Waals surface area contributed by atoms with Crippen LogP contribution >= 0.6 is 46.8 Å². The zero-order valence-corrected chi connectivity index (χ0v) is 11.3. The van der Waals surface area contributed by atoms with E-state index < -0.39 is 0 Å². The van der Waals surface area contributed by atoms with Crippen LogP contribution in [0.5, 0.6) is 0 Å². The van der Waals surface area contributed by atoms with E-state index in [1.54, 1.807) is 11.1 Å². The van der Waals surface area contributed by atoms with Gasteiger partial charge in [0, 0.05) is 24.4 Å². The van der Waals surface area contributed by atoms with Crippen molar-refractivity contribution >= 4 is 58.5 Å². The molecule has 0 aliphatic carbocycles. The molecule has 0 radical (unpaired) electrons. The van der Waals surface area contributed by atoms with Crippen LogP contribution in [0.25, 0.3) is 0 Å². The van der Waals surface area contributed by atoms with Crippen molar-refractivity contribution < 1.29 is 4.79 Å². The summed E-state index contributed by atoms with van der Waals surface area (Å²) in [6.45, 7) is 0.575. The van der Waals surface area contributed by atoms with Crippen LogP contribution in [0.3, 0.4) is 0 Å². The predicted octanol–water partition coefficient (Wildman–Crippen LogP) is 1.77. The number of carbonyl (C=O) groups is 1. The Balaban J connectivity index is 2.37. The first kappa shape index (κ1) is 11.4. The van der Waals surface area contributed by atoms with Crippen LogP contribution in [0, 0.1) is 3.57 Å². The summed E-state index contributed by atoms with van der Waals surface area (Å²) >= 11 is 12.1. The van der Waals surface area contributed by atoms with Crippen LogP contribution in [0.15, 0.2) is 6.20 Å². The Kier molecular flexibility index (Phi) is 3.36. The molecule has 1 saturated heterocycles. The number of amides is 1. The van der Waals surface area contributed by atoms with Crippen molar-refractivity contribution in [1.82, 2.24) is 9.97 Å². The summed E-state index contributed by atoms with van der Waals surface area (Å²) in [6, 6.07) is 0. The Bertz CT molecular complexity index is 417. The number of carbonyl (C=O) groups excluding carboxylic acids is 1. The minimum atomic E-state index is 0.0303. The highest BCUT2D eigenvalue weighted by molar-refractivity contribution is 14.1. The van der Waals surface area contributed by atoms with Gasteiger partial charge in [0.15, 0.2) is 5.82 Å². The minimum absolute atomic E-state index is 0.0303. The number of nitrogens with zero attached hydrogens (tertiary/aromatic N) is 3. The smallest absolute Gasteiger partial charge is 0.229 e. The summed E-state index contributed by atoms with van der Waals surface area (Å²) in [5.41, 5.74) is 0. The molecule has 1 fully saturated rings. The second-order valence-corrected chi connectivity index (χ2v) is 5.40. The molecule has 0 aromatic carbocycles. The molecule has 1 aromatic heterocycles. The molecule has 80 valence electrons. The average molecular weight is 356 g/mol. The van der Waals surface area contributed by atoms with Gasteiger partial charge in [0.1, 0.15) is 0 Å². The van der Waals surface area contributed by atoms with Gasteiger partial charge in [-0.05, 0) is 34.2 Å². The lowest BCUT2D eigenvalue weighted by Gasteiger charge is -2.15. The van der Waals surface area contributed by atoms with Crippen molar-refractivity contribution in [2.24, 2.45) is 0 Å². The maximum atomic E-state index is 11.6. The number of hydrogen-bond acceptors (Lipinski definition) is 4. The molecule has 7 heteroatoms. The number of rotatable bonds is 1. The number of halogens is 2. The summed E-state index contributed by atoms with van der Waals surface area (Å²) in [5.74, 6) is 0.611. The highest BCUT2D eigenvalue weighted by Gasteiger charge is 2.30. The zero-order chi connectivity index (χ0) is 11.0. The number of hydrogen-bond donors (Lipinski definition) is 1. The van der Waals surface area contributed by atoms with Gasteiger partial charge in [-0.2, -0.15) is 17.6 Å². The summed E-state index contributed by atoms with van der Waals surface area (Å²) in [5, 5.41) is 0.225. The molecule has 4 nitrogen and oxygen atoms in total. The van der Waals surface area contributed by atoms with Crippen molar-refractivity contribution in [2.75, 3.05) is 11.4 Å². The third-order valence-corrected chi connectivity index (χ3v) is 3.35.